The number of hydrogen-bond donors (Lipinski definition) is 1. The van der Waals surface area contributed by atoms with Gasteiger partial charge < -0.3 is 0 Å². The minimum Gasteiger partial charge on any atom is -0.276 e. The Morgan fingerprint density at radius 3 is 2.54 bits per heavy atom. The number of anilines is 1. The van der Waals surface area contributed by atoms with Gasteiger partial charge in [0.25, 0.3) is 10.0 Å². The van der Waals surface area contributed by atoms with Crippen LogP contribution < -0.4 is 4.72 Å². The fraction of sp³-hybridized carbons (Fsp3) is 0.318. The number of nitrogens with zero attached hydrogens (tertiary/aromatic N) is 1. The molecule has 0 spiro atoms. The minimum atomic E-state index is -3.66. The highest BCUT2D eigenvalue weighted by atomic mass is 32.2. The maximum atomic E-state index is 12.9. The molecule has 0 bridgehead atoms. The van der Waals surface area contributed by atoms with Gasteiger partial charge in [0.05, 0.1) is 10.6 Å². The molecule has 3 rings (SSSR count). The third kappa shape index (κ3) is 5.42. The second-order valence-corrected chi connectivity index (χ2v) is 9.17. The van der Waals surface area contributed by atoms with Crippen molar-refractivity contribution < 1.29 is 8.42 Å². The molecule has 3 aromatic rings. The van der Waals surface area contributed by atoms with Gasteiger partial charge in [0.1, 0.15) is 5.69 Å². The summed E-state index contributed by atoms with van der Waals surface area (Å²) < 4.78 is 32.9. The normalized spacial score (nSPS) is 11.5. The molecule has 0 aliphatic heterocycles. The van der Waals surface area contributed by atoms with Crippen LogP contribution in [0, 0.1) is 0 Å². The topological polar surface area (TPSA) is 59.1 Å². The molecule has 0 aliphatic rings. The van der Waals surface area contributed by atoms with Crippen LogP contribution in [0.15, 0.2) is 64.9 Å². The molecule has 0 aliphatic carbocycles. The quantitative estimate of drug-likeness (QED) is 0.406. The van der Waals surface area contributed by atoms with E-state index >= 15 is 0 Å². The average molecular weight is 415 g/mol. The Morgan fingerprint density at radius 2 is 1.75 bits per heavy atom. The summed E-state index contributed by atoms with van der Waals surface area (Å²) in [6, 6.07) is 16.8. The van der Waals surface area contributed by atoms with Gasteiger partial charge in [-0.25, -0.2) is 8.42 Å². The highest BCUT2D eigenvalue weighted by Crippen LogP contribution is 2.30. The van der Waals surface area contributed by atoms with Gasteiger partial charge in [-0.2, -0.15) is 4.37 Å². The SMILES string of the molecule is CCCCCCCc1cccc(S(=O)(=O)Nc2csnc2-c2ccccc2)c1. The molecule has 2 aromatic carbocycles. The van der Waals surface area contributed by atoms with Crippen molar-refractivity contribution in [3.8, 4) is 11.3 Å². The molecule has 0 saturated carbocycles. The zero-order chi connectivity index (χ0) is 19.8. The van der Waals surface area contributed by atoms with Crippen molar-refractivity contribution in [2.75, 3.05) is 4.72 Å². The van der Waals surface area contributed by atoms with Crippen LogP contribution in [0.3, 0.4) is 0 Å². The Hall–Kier alpha value is -2.18. The maximum absolute atomic E-state index is 12.9. The Kier molecular flexibility index (Phi) is 7.23. The molecule has 0 radical (unpaired) electrons. The first-order valence-electron chi connectivity index (χ1n) is 9.71. The lowest BCUT2D eigenvalue weighted by atomic mass is 10.1. The summed E-state index contributed by atoms with van der Waals surface area (Å²) in [5, 5.41) is 1.73. The van der Waals surface area contributed by atoms with E-state index in [1.54, 1.807) is 17.5 Å². The lowest BCUT2D eigenvalue weighted by Crippen LogP contribution is -2.13. The molecular formula is C22H26N2O2S2. The summed E-state index contributed by atoms with van der Waals surface area (Å²) in [6.45, 7) is 2.20. The van der Waals surface area contributed by atoms with Crippen molar-refractivity contribution in [3.63, 3.8) is 0 Å². The molecular weight excluding hydrogens is 388 g/mol. The van der Waals surface area contributed by atoms with Crippen molar-refractivity contribution in [2.24, 2.45) is 0 Å². The molecule has 1 heterocycles. The van der Waals surface area contributed by atoms with Gasteiger partial charge in [-0.05, 0) is 42.1 Å². The van der Waals surface area contributed by atoms with Crippen molar-refractivity contribution in [2.45, 2.75) is 50.3 Å². The van der Waals surface area contributed by atoms with Gasteiger partial charge >= 0.3 is 0 Å². The Bertz CT molecular complexity index is 983. The summed E-state index contributed by atoms with van der Waals surface area (Å²) in [6.07, 6.45) is 6.90. The zero-order valence-electron chi connectivity index (χ0n) is 16.1. The summed E-state index contributed by atoms with van der Waals surface area (Å²) in [7, 11) is -3.66. The van der Waals surface area contributed by atoms with E-state index in [4.69, 9.17) is 0 Å². The Morgan fingerprint density at radius 1 is 0.964 bits per heavy atom. The first-order valence-corrected chi connectivity index (χ1v) is 12.0. The lowest BCUT2D eigenvalue weighted by molar-refractivity contribution is 0.600. The van der Waals surface area contributed by atoms with Crippen molar-refractivity contribution >= 4 is 27.2 Å². The molecule has 0 atom stereocenters. The highest BCUT2D eigenvalue weighted by molar-refractivity contribution is 7.92. The fourth-order valence-electron chi connectivity index (χ4n) is 3.12. The predicted molar refractivity (Wildman–Crippen MR) is 117 cm³/mol. The summed E-state index contributed by atoms with van der Waals surface area (Å²) in [5.41, 5.74) is 3.12. The third-order valence-electron chi connectivity index (χ3n) is 4.64. The predicted octanol–water partition coefficient (Wildman–Crippen LogP) is 6.12. The summed E-state index contributed by atoms with van der Waals surface area (Å²) >= 11 is 1.24. The third-order valence-corrected chi connectivity index (χ3v) is 6.63. The van der Waals surface area contributed by atoms with Gasteiger partial charge in [-0.3, -0.25) is 4.72 Å². The molecule has 1 aromatic heterocycles. The number of rotatable bonds is 10. The molecule has 0 saturated heterocycles. The smallest absolute Gasteiger partial charge is 0.261 e. The molecule has 0 amide bonds. The summed E-state index contributed by atoms with van der Waals surface area (Å²) in [5.74, 6) is 0. The lowest BCUT2D eigenvalue weighted by Gasteiger charge is -2.10. The second kappa shape index (κ2) is 9.85. The van der Waals surface area contributed by atoms with Crippen LogP contribution in [0.2, 0.25) is 0 Å². The Balaban J connectivity index is 1.72. The number of hydrogen-bond acceptors (Lipinski definition) is 4. The number of aryl methyl sites for hydroxylation is 1. The van der Waals surface area contributed by atoms with Gasteiger partial charge in [0.2, 0.25) is 0 Å². The molecule has 28 heavy (non-hydrogen) atoms. The number of nitrogens with one attached hydrogen (secondary N) is 1. The molecule has 1 N–H and O–H groups in total. The van der Waals surface area contributed by atoms with Gasteiger partial charge in [0.15, 0.2) is 0 Å². The molecule has 0 unspecified atom stereocenters. The molecule has 4 nitrogen and oxygen atoms in total. The van der Waals surface area contributed by atoms with Gasteiger partial charge in [-0.1, -0.05) is 75.1 Å². The molecule has 6 heteroatoms. The van der Waals surface area contributed by atoms with Crippen LogP contribution in [-0.2, 0) is 16.4 Å². The van der Waals surface area contributed by atoms with E-state index in [1.807, 2.05) is 42.5 Å². The number of aromatic nitrogens is 1. The highest BCUT2D eigenvalue weighted by Gasteiger charge is 2.18. The van der Waals surface area contributed by atoms with Gasteiger partial charge in [-0.15, -0.1) is 0 Å². The van der Waals surface area contributed by atoms with Crippen molar-refractivity contribution in [3.05, 3.63) is 65.5 Å². The van der Waals surface area contributed by atoms with Crippen LogP contribution >= 0.6 is 11.5 Å². The van der Waals surface area contributed by atoms with Crippen LogP contribution in [0.5, 0.6) is 0 Å². The number of unbranched alkanes of at least 4 members (excludes halogenated alkanes) is 4. The minimum absolute atomic E-state index is 0.295. The summed E-state index contributed by atoms with van der Waals surface area (Å²) in [4.78, 5) is 0.295. The first kappa shape index (κ1) is 20.6. The Labute approximate surface area is 171 Å². The van der Waals surface area contributed by atoms with E-state index in [2.05, 4.69) is 16.0 Å². The maximum Gasteiger partial charge on any atom is 0.261 e. The van der Waals surface area contributed by atoms with E-state index < -0.39 is 10.0 Å². The van der Waals surface area contributed by atoms with Crippen LogP contribution in [0.1, 0.15) is 44.6 Å². The van der Waals surface area contributed by atoms with Crippen LogP contribution in [-0.4, -0.2) is 12.8 Å². The fourth-order valence-corrected chi connectivity index (χ4v) is 4.96. The molecule has 0 fully saturated rings. The van der Waals surface area contributed by atoms with Crippen LogP contribution in [0.4, 0.5) is 5.69 Å². The standard InChI is InChI=1S/C22H26N2O2S2/c1-2-3-4-5-7-11-18-12-10-15-20(16-18)28(25,26)24-21-17-27-23-22(21)19-13-8-6-9-14-19/h6,8-10,12-17,24H,2-5,7,11H2,1H3. The zero-order valence-corrected chi connectivity index (χ0v) is 17.7. The van der Waals surface area contributed by atoms with Crippen LogP contribution in [0.25, 0.3) is 11.3 Å². The van der Waals surface area contributed by atoms with E-state index in [0.717, 1.165) is 24.0 Å². The largest absolute Gasteiger partial charge is 0.276 e. The number of benzene rings is 2. The van der Waals surface area contributed by atoms with E-state index in [0.29, 0.717) is 16.3 Å². The molecule has 148 valence electrons. The first-order chi connectivity index (χ1) is 13.6. The average Bonchev–Trinajstić information content (AvgIpc) is 3.16. The van der Waals surface area contributed by atoms with Gasteiger partial charge in [0, 0.05) is 10.9 Å². The van der Waals surface area contributed by atoms with E-state index in [-0.39, 0.29) is 0 Å². The van der Waals surface area contributed by atoms with Crippen molar-refractivity contribution in [1.82, 2.24) is 4.37 Å². The second-order valence-electron chi connectivity index (χ2n) is 6.86. The van der Waals surface area contributed by atoms with E-state index in [1.165, 1.54) is 37.2 Å². The van der Waals surface area contributed by atoms with Crippen molar-refractivity contribution in [1.29, 1.82) is 0 Å². The van der Waals surface area contributed by atoms with E-state index in [9.17, 15) is 8.42 Å². The number of sulfonamides is 1. The monoisotopic (exact) mass is 414 g/mol.